The number of ether oxygens (including phenoxy) is 1. The highest BCUT2D eigenvalue weighted by Crippen LogP contribution is 2.39. The van der Waals surface area contributed by atoms with E-state index < -0.39 is 17.4 Å². The standard InChI is InChI=1S/C27H39N3O5/c1-16(2)20-10-8-17(3)14-21(20)24(32)30-22-11-9-19(18(4)31)15-23(22)29(26(30)34)13-12-28-25(33)35-27(5,6)7/h9,11,15-17,20-21H,8,10,12-14H2,1-7H3,(H,28,33)/t17-,20+,21-/m1/s1. The zero-order valence-electron chi connectivity index (χ0n) is 22.0. The summed E-state index contributed by atoms with van der Waals surface area (Å²) in [7, 11) is 0. The molecule has 1 aliphatic carbocycles. The van der Waals surface area contributed by atoms with Gasteiger partial charge in [0, 0.05) is 24.6 Å². The lowest BCUT2D eigenvalue weighted by molar-refractivity contribution is 0.0524. The minimum absolute atomic E-state index is 0.127. The third-order valence-electron chi connectivity index (χ3n) is 6.90. The molecule has 8 heteroatoms. The van der Waals surface area contributed by atoms with Crippen LogP contribution in [0.5, 0.6) is 0 Å². The Kier molecular flexibility index (Phi) is 7.92. The zero-order valence-corrected chi connectivity index (χ0v) is 22.0. The highest BCUT2D eigenvalue weighted by atomic mass is 16.6. The molecule has 1 saturated carbocycles. The van der Waals surface area contributed by atoms with E-state index in [-0.39, 0.29) is 36.6 Å². The fourth-order valence-corrected chi connectivity index (χ4v) is 5.14. The Balaban J connectivity index is 2.00. The minimum Gasteiger partial charge on any atom is -0.444 e. The number of benzene rings is 1. The van der Waals surface area contributed by atoms with Gasteiger partial charge in [0.1, 0.15) is 5.60 Å². The summed E-state index contributed by atoms with van der Waals surface area (Å²) in [5, 5.41) is 2.66. The molecule has 3 atom stereocenters. The summed E-state index contributed by atoms with van der Waals surface area (Å²) in [6, 6.07) is 4.99. The average Bonchev–Trinajstić information content (AvgIpc) is 3.02. The second-order valence-electron chi connectivity index (χ2n) is 11.2. The first kappa shape index (κ1) is 26.7. The minimum atomic E-state index is -0.635. The summed E-state index contributed by atoms with van der Waals surface area (Å²) in [6.45, 7) is 13.5. The molecule has 0 aliphatic heterocycles. The molecule has 1 aromatic heterocycles. The lowest BCUT2D eigenvalue weighted by Gasteiger charge is -2.36. The number of alkyl carbamates (subject to hydrolysis) is 1. The zero-order chi connectivity index (χ0) is 26.1. The van der Waals surface area contributed by atoms with E-state index >= 15 is 0 Å². The lowest BCUT2D eigenvalue weighted by Crippen LogP contribution is -2.41. The van der Waals surface area contributed by atoms with E-state index in [1.807, 2.05) is 0 Å². The number of fused-ring (bicyclic) bond motifs is 1. The van der Waals surface area contributed by atoms with Gasteiger partial charge in [-0.3, -0.25) is 14.2 Å². The molecule has 3 rings (SSSR count). The van der Waals surface area contributed by atoms with Crippen molar-refractivity contribution in [2.24, 2.45) is 23.7 Å². The van der Waals surface area contributed by atoms with Crippen molar-refractivity contribution in [2.45, 2.75) is 79.9 Å². The van der Waals surface area contributed by atoms with Gasteiger partial charge in [0.05, 0.1) is 11.0 Å². The number of carbonyl (C=O) groups is 3. The predicted octanol–water partition coefficient (Wildman–Crippen LogP) is 4.88. The summed E-state index contributed by atoms with van der Waals surface area (Å²) in [4.78, 5) is 51.5. The maximum absolute atomic E-state index is 13.9. The molecule has 35 heavy (non-hydrogen) atoms. The highest BCUT2D eigenvalue weighted by molar-refractivity contribution is 5.99. The molecule has 0 bridgehead atoms. The van der Waals surface area contributed by atoms with Crippen molar-refractivity contribution in [3.63, 3.8) is 0 Å². The lowest BCUT2D eigenvalue weighted by atomic mass is 9.69. The van der Waals surface area contributed by atoms with Gasteiger partial charge in [-0.2, -0.15) is 0 Å². The SMILES string of the molecule is CC(=O)c1ccc2c(c1)n(CCNC(=O)OC(C)(C)C)c(=O)n2C(=O)[C@@H]1C[C@H](C)CC[C@H]1C(C)C. The van der Waals surface area contributed by atoms with Crippen LogP contribution in [-0.2, 0) is 11.3 Å². The van der Waals surface area contributed by atoms with Gasteiger partial charge in [-0.05, 0) is 76.5 Å². The van der Waals surface area contributed by atoms with E-state index in [0.717, 1.165) is 19.3 Å². The van der Waals surface area contributed by atoms with E-state index in [1.54, 1.807) is 39.0 Å². The maximum atomic E-state index is 13.9. The van der Waals surface area contributed by atoms with Crippen molar-refractivity contribution in [3.8, 4) is 0 Å². The quantitative estimate of drug-likeness (QED) is 0.588. The smallest absolute Gasteiger partial charge is 0.407 e. The van der Waals surface area contributed by atoms with Crippen LogP contribution < -0.4 is 11.0 Å². The number of Topliss-reactive ketones (excluding diaryl/α,β-unsaturated/α-hetero) is 1. The molecule has 1 aliphatic rings. The molecular formula is C27H39N3O5. The first-order valence-electron chi connectivity index (χ1n) is 12.6. The van der Waals surface area contributed by atoms with Crippen LogP contribution in [0.3, 0.4) is 0 Å². The molecule has 1 fully saturated rings. The van der Waals surface area contributed by atoms with Crippen LogP contribution >= 0.6 is 0 Å². The number of hydrogen-bond donors (Lipinski definition) is 1. The molecule has 1 amide bonds. The van der Waals surface area contributed by atoms with Gasteiger partial charge in [0.2, 0.25) is 5.91 Å². The van der Waals surface area contributed by atoms with Crippen LogP contribution in [0, 0.1) is 23.7 Å². The van der Waals surface area contributed by atoms with E-state index in [2.05, 4.69) is 26.1 Å². The molecule has 2 aromatic rings. The van der Waals surface area contributed by atoms with Crippen LogP contribution in [0.1, 0.15) is 82.9 Å². The van der Waals surface area contributed by atoms with Crippen molar-refractivity contribution in [2.75, 3.05) is 6.54 Å². The van der Waals surface area contributed by atoms with Gasteiger partial charge in [0.15, 0.2) is 5.78 Å². The number of aromatic nitrogens is 2. The Bertz CT molecular complexity index is 1170. The Morgan fingerprint density at radius 3 is 2.43 bits per heavy atom. The fraction of sp³-hybridized carbons (Fsp3) is 0.630. The Hall–Kier alpha value is -2.90. The first-order chi connectivity index (χ1) is 16.3. The highest BCUT2D eigenvalue weighted by Gasteiger charge is 2.37. The van der Waals surface area contributed by atoms with E-state index in [0.29, 0.717) is 28.4 Å². The van der Waals surface area contributed by atoms with Crippen molar-refractivity contribution < 1.29 is 19.1 Å². The molecule has 8 nitrogen and oxygen atoms in total. The first-order valence-corrected chi connectivity index (χ1v) is 12.6. The van der Waals surface area contributed by atoms with Gasteiger partial charge in [-0.1, -0.05) is 27.2 Å². The van der Waals surface area contributed by atoms with Gasteiger partial charge in [0.25, 0.3) is 0 Å². The summed E-state index contributed by atoms with van der Waals surface area (Å²) < 4.78 is 8.02. The third kappa shape index (κ3) is 6.03. The van der Waals surface area contributed by atoms with Crippen molar-refractivity contribution in [1.82, 2.24) is 14.5 Å². The summed E-state index contributed by atoms with van der Waals surface area (Å²) in [5.41, 5.74) is 0.374. The number of hydrogen-bond acceptors (Lipinski definition) is 5. The van der Waals surface area contributed by atoms with Crippen molar-refractivity contribution in [3.05, 3.63) is 34.2 Å². The number of imidazole rings is 1. The third-order valence-corrected chi connectivity index (χ3v) is 6.90. The maximum Gasteiger partial charge on any atom is 0.407 e. The second-order valence-corrected chi connectivity index (χ2v) is 11.2. The van der Waals surface area contributed by atoms with Gasteiger partial charge in [-0.15, -0.1) is 0 Å². The summed E-state index contributed by atoms with van der Waals surface area (Å²) in [5.74, 6) is 0.433. The number of nitrogens with one attached hydrogen (secondary N) is 1. The second kappa shape index (κ2) is 10.4. The number of ketones is 1. The van der Waals surface area contributed by atoms with E-state index in [1.165, 1.54) is 16.1 Å². The van der Waals surface area contributed by atoms with Crippen molar-refractivity contribution >= 4 is 28.8 Å². The molecule has 0 unspecified atom stereocenters. The molecule has 0 saturated heterocycles. The fourth-order valence-electron chi connectivity index (χ4n) is 5.14. The van der Waals surface area contributed by atoms with Crippen LogP contribution in [-0.4, -0.2) is 39.1 Å². The van der Waals surface area contributed by atoms with Crippen molar-refractivity contribution in [1.29, 1.82) is 0 Å². The number of carbonyl (C=O) groups excluding carboxylic acids is 3. The van der Waals surface area contributed by atoms with Gasteiger partial charge < -0.3 is 10.1 Å². The van der Waals surface area contributed by atoms with Crippen LogP contribution in [0.2, 0.25) is 0 Å². The molecular weight excluding hydrogens is 446 g/mol. The molecule has 192 valence electrons. The van der Waals surface area contributed by atoms with Gasteiger partial charge in [-0.25, -0.2) is 14.2 Å². The topological polar surface area (TPSA) is 99.4 Å². The predicted molar refractivity (Wildman–Crippen MR) is 136 cm³/mol. The number of amides is 1. The van der Waals surface area contributed by atoms with E-state index in [9.17, 15) is 19.2 Å². The Labute approximate surface area is 207 Å². The monoisotopic (exact) mass is 485 g/mol. The largest absolute Gasteiger partial charge is 0.444 e. The van der Waals surface area contributed by atoms with Crippen LogP contribution in [0.25, 0.3) is 11.0 Å². The normalized spacial score (nSPS) is 20.7. The number of nitrogens with zero attached hydrogens (tertiary/aromatic N) is 2. The molecule has 1 heterocycles. The number of rotatable bonds is 6. The molecule has 0 spiro atoms. The average molecular weight is 486 g/mol. The van der Waals surface area contributed by atoms with Crippen LogP contribution in [0.4, 0.5) is 4.79 Å². The van der Waals surface area contributed by atoms with E-state index in [4.69, 9.17) is 4.74 Å². The van der Waals surface area contributed by atoms with Crippen LogP contribution in [0.15, 0.2) is 23.0 Å². The van der Waals surface area contributed by atoms with Gasteiger partial charge >= 0.3 is 11.8 Å². The summed E-state index contributed by atoms with van der Waals surface area (Å²) >= 11 is 0. The Morgan fingerprint density at radius 2 is 1.83 bits per heavy atom. The molecule has 1 N–H and O–H groups in total. The molecule has 0 radical (unpaired) electrons. The summed E-state index contributed by atoms with van der Waals surface area (Å²) in [6.07, 6.45) is 2.23. The molecule has 1 aromatic carbocycles. The Morgan fingerprint density at radius 1 is 1.14 bits per heavy atom.